The molecule has 0 aliphatic rings. The molecule has 196 valence electrons. The molecule has 0 amide bonds. The highest BCUT2D eigenvalue weighted by Gasteiger charge is 2.17. The van der Waals surface area contributed by atoms with Gasteiger partial charge in [-0.15, -0.1) is 0 Å². The summed E-state index contributed by atoms with van der Waals surface area (Å²) in [5.41, 5.74) is 8.93. The summed E-state index contributed by atoms with van der Waals surface area (Å²) in [5, 5.41) is 7.52. The minimum Gasteiger partial charge on any atom is -0.255 e. The SMILES string of the molecule is c1ccc(-c2ccc(-c3cccc(-c4c5ccccc5c(-c5ccc6ccccc6c5)c5ccccc45)c3)cn2)nc1. The Hall–Kier alpha value is -5.60. The molecule has 2 heterocycles. The first-order chi connectivity index (χ1) is 20.8. The third-order valence-corrected chi connectivity index (χ3v) is 8.15. The van der Waals surface area contributed by atoms with Crippen molar-refractivity contribution < 1.29 is 0 Å². The molecule has 0 unspecified atom stereocenters. The zero-order chi connectivity index (χ0) is 27.9. The van der Waals surface area contributed by atoms with Crippen LogP contribution in [0.1, 0.15) is 0 Å². The lowest BCUT2D eigenvalue weighted by Crippen LogP contribution is -1.91. The van der Waals surface area contributed by atoms with Crippen LogP contribution in [0.3, 0.4) is 0 Å². The van der Waals surface area contributed by atoms with E-state index in [4.69, 9.17) is 4.98 Å². The number of fused-ring (bicyclic) bond motifs is 3. The van der Waals surface area contributed by atoms with Crippen LogP contribution in [0.5, 0.6) is 0 Å². The van der Waals surface area contributed by atoms with Crippen molar-refractivity contribution in [2.45, 2.75) is 0 Å². The average molecular weight is 535 g/mol. The molecule has 0 fully saturated rings. The van der Waals surface area contributed by atoms with Crippen LogP contribution in [0, 0.1) is 0 Å². The Labute approximate surface area is 244 Å². The maximum Gasteiger partial charge on any atom is 0.0886 e. The highest BCUT2D eigenvalue weighted by molar-refractivity contribution is 6.21. The van der Waals surface area contributed by atoms with Gasteiger partial charge in [-0.05, 0) is 90.5 Å². The van der Waals surface area contributed by atoms with Crippen LogP contribution >= 0.6 is 0 Å². The summed E-state index contributed by atoms with van der Waals surface area (Å²) in [5.74, 6) is 0. The topological polar surface area (TPSA) is 25.8 Å². The first-order valence-electron chi connectivity index (χ1n) is 14.2. The van der Waals surface area contributed by atoms with Crippen LogP contribution in [-0.4, -0.2) is 9.97 Å². The lowest BCUT2D eigenvalue weighted by Gasteiger charge is -2.18. The number of aromatic nitrogens is 2. The summed E-state index contributed by atoms with van der Waals surface area (Å²) in [4.78, 5) is 9.18. The summed E-state index contributed by atoms with van der Waals surface area (Å²) < 4.78 is 0. The molecule has 2 aromatic heterocycles. The Balaban J connectivity index is 1.32. The Bertz CT molecular complexity index is 2180. The van der Waals surface area contributed by atoms with Crippen LogP contribution < -0.4 is 0 Å². The van der Waals surface area contributed by atoms with E-state index < -0.39 is 0 Å². The van der Waals surface area contributed by atoms with Gasteiger partial charge in [0.1, 0.15) is 0 Å². The first-order valence-corrected chi connectivity index (χ1v) is 14.2. The van der Waals surface area contributed by atoms with Crippen molar-refractivity contribution in [2.75, 3.05) is 0 Å². The van der Waals surface area contributed by atoms with Crippen molar-refractivity contribution in [3.8, 4) is 44.8 Å². The van der Waals surface area contributed by atoms with Gasteiger partial charge < -0.3 is 0 Å². The van der Waals surface area contributed by atoms with E-state index in [0.29, 0.717) is 0 Å². The maximum absolute atomic E-state index is 4.73. The number of benzene rings is 6. The van der Waals surface area contributed by atoms with Gasteiger partial charge in [0.05, 0.1) is 11.4 Å². The minimum absolute atomic E-state index is 0.872. The molecule has 0 aliphatic carbocycles. The lowest BCUT2D eigenvalue weighted by molar-refractivity contribution is 1.25. The van der Waals surface area contributed by atoms with Crippen molar-refractivity contribution in [3.05, 3.63) is 158 Å². The lowest BCUT2D eigenvalue weighted by atomic mass is 9.85. The number of hydrogen-bond acceptors (Lipinski definition) is 2. The van der Waals surface area contributed by atoms with Crippen LogP contribution in [-0.2, 0) is 0 Å². The van der Waals surface area contributed by atoms with E-state index in [9.17, 15) is 0 Å². The molecule has 8 rings (SSSR count). The predicted octanol–water partition coefficient (Wildman–Crippen LogP) is 10.6. The number of hydrogen-bond donors (Lipinski definition) is 0. The first kappa shape index (κ1) is 24.2. The van der Waals surface area contributed by atoms with Gasteiger partial charge in [0.15, 0.2) is 0 Å². The Morgan fingerprint density at radius 2 is 0.905 bits per heavy atom. The van der Waals surface area contributed by atoms with Gasteiger partial charge in [-0.25, -0.2) is 0 Å². The highest BCUT2D eigenvalue weighted by atomic mass is 14.8. The second kappa shape index (κ2) is 10.1. The fourth-order valence-electron chi connectivity index (χ4n) is 6.18. The number of pyridine rings is 2. The Morgan fingerprint density at radius 3 is 1.55 bits per heavy atom. The molecule has 0 spiro atoms. The summed E-state index contributed by atoms with van der Waals surface area (Å²) in [6.07, 6.45) is 3.75. The number of rotatable bonds is 4. The van der Waals surface area contributed by atoms with E-state index in [2.05, 4.69) is 126 Å². The van der Waals surface area contributed by atoms with E-state index in [1.807, 2.05) is 30.5 Å². The van der Waals surface area contributed by atoms with Crippen LogP contribution in [0.2, 0.25) is 0 Å². The summed E-state index contributed by atoms with van der Waals surface area (Å²) in [6.45, 7) is 0. The summed E-state index contributed by atoms with van der Waals surface area (Å²) in [6, 6.07) is 52.0. The zero-order valence-electron chi connectivity index (χ0n) is 22.9. The van der Waals surface area contributed by atoms with E-state index in [-0.39, 0.29) is 0 Å². The molecule has 0 radical (unpaired) electrons. The smallest absolute Gasteiger partial charge is 0.0886 e. The molecule has 6 aromatic carbocycles. The van der Waals surface area contributed by atoms with Gasteiger partial charge in [-0.3, -0.25) is 9.97 Å². The molecule has 42 heavy (non-hydrogen) atoms. The molecule has 0 aliphatic heterocycles. The van der Waals surface area contributed by atoms with Crippen LogP contribution in [0.25, 0.3) is 77.1 Å². The second-order valence-electron chi connectivity index (χ2n) is 10.6. The highest BCUT2D eigenvalue weighted by Crippen LogP contribution is 2.44. The molecule has 0 atom stereocenters. The van der Waals surface area contributed by atoms with E-state index in [1.54, 1.807) is 6.20 Å². The monoisotopic (exact) mass is 534 g/mol. The fourth-order valence-corrected chi connectivity index (χ4v) is 6.18. The van der Waals surface area contributed by atoms with Gasteiger partial charge in [0, 0.05) is 18.0 Å². The minimum atomic E-state index is 0.872. The molecule has 0 N–H and O–H groups in total. The Kier molecular flexibility index (Phi) is 5.82. The molecular weight excluding hydrogens is 508 g/mol. The van der Waals surface area contributed by atoms with E-state index in [0.717, 1.165) is 22.5 Å². The molecule has 0 bridgehead atoms. The second-order valence-corrected chi connectivity index (χ2v) is 10.6. The van der Waals surface area contributed by atoms with Gasteiger partial charge in [0.25, 0.3) is 0 Å². The van der Waals surface area contributed by atoms with Gasteiger partial charge in [-0.1, -0.05) is 115 Å². The molecule has 0 saturated heterocycles. The Morgan fingerprint density at radius 1 is 0.333 bits per heavy atom. The van der Waals surface area contributed by atoms with Crippen molar-refractivity contribution in [3.63, 3.8) is 0 Å². The van der Waals surface area contributed by atoms with E-state index >= 15 is 0 Å². The third-order valence-electron chi connectivity index (χ3n) is 8.15. The maximum atomic E-state index is 4.73. The molecule has 0 saturated carbocycles. The van der Waals surface area contributed by atoms with Gasteiger partial charge in [0.2, 0.25) is 0 Å². The normalized spacial score (nSPS) is 11.3. The molecule has 2 nitrogen and oxygen atoms in total. The average Bonchev–Trinajstić information content (AvgIpc) is 3.07. The third kappa shape index (κ3) is 4.13. The summed E-state index contributed by atoms with van der Waals surface area (Å²) in [7, 11) is 0. The molecule has 8 aromatic rings. The van der Waals surface area contributed by atoms with Crippen LogP contribution in [0.4, 0.5) is 0 Å². The van der Waals surface area contributed by atoms with Gasteiger partial charge >= 0.3 is 0 Å². The predicted molar refractivity (Wildman–Crippen MR) is 176 cm³/mol. The van der Waals surface area contributed by atoms with E-state index in [1.165, 1.54) is 54.6 Å². The van der Waals surface area contributed by atoms with Gasteiger partial charge in [-0.2, -0.15) is 0 Å². The van der Waals surface area contributed by atoms with Crippen molar-refractivity contribution in [2.24, 2.45) is 0 Å². The number of nitrogens with zero attached hydrogens (tertiary/aromatic N) is 2. The quantitative estimate of drug-likeness (QED) is 0.210. The van der Waals surface area contributed by atoms with Crippen LogP contribution in [0.15, 0.2) is 158 Å². The van der Waals surface area contributed by atoms with Crippen molar-refractivity contribution in [1.82, 2.24) is 9.97 Å². The zero-order valence-corrected chi connectivity index (χ0v) is 22.9. The molecule has 2 heteroatoms. The van der Waals surface area contributed by atoms with Crippen molar-refractivity contribution >= 4 is 32.3 Å². The largest absolute Gasteiger partial charge is 0.255 e. The fraction of sp³-hybridized carbons (Fsp3) is 0. The molecular formula is C40H26N2. The standard InChI is InChI=1S/C40H26N2/c1-2-11-28-24-31(20-19-27(28)10-1)40-35-16-5-3-14-33(35)39(34-15-4-6-17-36(34)40)30-13-9-12-29(25-30)32-21-22-38(42-26-32)37-18-7-8-23-41-37/h1-26H. The van der Waals surface area contributed by atoms with Crippen molar-refractivity contribution in [1.29, 1.82) is 0 Å². The summed E-state index contributed by atoms with van der Waals surface area (Å²) >= 11 is 0.